The van der Waals surface area contributed by atoms with E-state index in [0.717, 1.165) is 77.5 Å². The van der Waals surface area contributed by atoms with E-state index in [0.29, 0.717) is 11.9 Å². The summed E-state index contributed by atoms with van der Waals surface area (Å²) in [4.78, 5) is 19.6. The lowest BCUT2D eigenvalue weighted by Gasteiger charge is -2.26. The van der Waals surface area contributed by atoms with Gasteiger partial charge in [0.2, 0.25) is 5.91 Å². The summed E-state index contributed by atoms with van der Waals surface area (Å²) in [6, 6.07) is 0.303. The Labute approximate surface area is 187 Å². The van der Waals surface area contributed by atoms with E-state index in [2.05, 4.69) is 28.5 Å². The Morgan fingerprint density at radius 2 is 2.11 bits per heavy atom. The average Bonchev–Trinajstić information content (AvgIpc) is 3.17. The van der Waals surface area contributed by atoms with Gasteiger partial charge in [-0.2, -0.15) is 0 Å². The molecule has 1 unspecified atom stereocenters. The maximum atomic E-state index is 12.7. The van der Waals surface area contributed by atoms with Crippen molar-refractivity contribution in [2.24, 2.45) is 10.9 Å². The third kappa shape index (κ3) is 7.21. The Balaban J connectivity index is 0.00000280. The lowest BCUT2D eigenvalue weighted by atomic mass is 9.88. The van der Waals surface area contributed by atoms with Crippen LogP contribution in [0.4, 0.5) is 0 Å². The number of rotatable bonds is 6. The Morgan fingerprint density at radius 1 is 1.29 bits per heavy atom. The van der Waals surface area contributed by atoms with E-state index in [1.54, 1.807) is 0 Å². The van der Waals surface area contributed by atoms with Crippen LogP contribution < -0.4 is 10.6 Å². The van der Waals surface area contributed by atoms with Crippen molar-refractivity contribution in [3.05, 3.63) is 11.6 Å². The number of likely N-dealkylation sites (tertiary alicyclic amines) is 1. The van der Waals surface area contributed by atoms with Gasteiger partial charge in [0, 0.05) is 38.1 Å². The maximum absolute atomic E-state index is 12.7. The van der Waals surface area contributed by atoms with Gasteiger partial charge in [0.05, 0.1) is 13.2 Å². The van der Waals surface area contributed by atoms with Crippen molar-refractivity contribution >= 4 is 35.8 Å². The number of halogens is 1. The van der Waals surface area contributed by atoms with Crippen LogP contribution >= 0.6 is 24.0 Å². The molecular weight excluding hydrogens is 467 g/mol. The van der Waals surface area contributed by atoms with Gasteiger partial charge in [-0.05, 0) is 39.0 Å². The summed E-state index contributed by atoms with van der Waals surface area (Å²) in [5.74, 6) is 1.53. The lowest BCUT2D eigenvalue weighted by Crippen LogP contribution is -2.45. The standard InChI is InChI=1S/C21H36N4O2.HI/c1-2-22-21(23-12-8-17-10-14-27-15-11-17)24-19-9-13-25(16-19)20(26)18-6-4-3-5-7-18;/h10,18-19H,2-9,11-16H2,1H3,(H2,22,23,24);1H. The van der Waals surface area contributed by atoms with Gasteiger partial charge < -0.3 is 20.3 Å². The highest BCUT2D eigenvalue weighted by Crippen LogP contribution is 2.26. The van der Waals surface area contributed by atoms with Crippen molar-refractivity contribution < 1.29 is 9.53 Å². The summed E-state index contributed by atoms with van der Waals surface area (Å²) in [5.41, 5.74) is 1.45. The molecule has 1 amide bonds. The first kappa shape index (κ1) is 23.4. The first-order valence-electron chi connectivity index (χ1n) is 10.9. The molecule has 2 heterocycles. The van der Waals surface area contributed by atoms with Gasteiger partial charge in [0.15, 0.2) is 5.96 Å². The maximum Gasteiger partial charge on any atom is 0.225 e. The van der Waals surface area contributed by atoms with Crippen molar-refractivity contribution in [3.8, 4) is 0 Å². The Hall–Kier alpha value is -0.830. The second kappa shape index (κ2) is 12.7. The number of amides is 1. The molecule has 7 heteroatoms. The predicted octanol–water partition coefficient (Wildman–Crippen LogP) is 3.08. The minimum atomic E-state index is 0. The average molecular weight is 504 g/mol. The van der Waals surface area contributed by atoms with Crippen LogP contribution in [0.2, 0.25) is 0 Å². The summed E-state index contributed by atoms with van der Waals surface area (Å²) in [6.07, 6.45) is 11.1. The molecule has 160 valence electrons. The Kier molecular flexibility index (Phi) is 10.6. The first-order chi connectivity index (χ1) is 13.3. The summed E-state index contributed by atoms with van der Waals surface area (Å²) < 4.78 is 5.36. The molecule has 0 aromatic rings. The van der Waals surface area contributed by atoms with E-state index in [-0.39, 0.29) is 29.9 Å². The number of aliphatic imine (C=N–C) groups is 1. The molecule has 1 saturated heterocycles. The molecule has 1 atom stereocenters. The third-order valence-corrected chi connectivity index (χ3v) is 5.90. The largest absolute Gasteiger partial charge is 0.377 e. The van der Waals surface area contributed by atoms with Gasteiger partial charge in [0.1, 0.15) is 0 Å². The van der Waals surface area contributed by atoms with Crippen LogP contribution in [0.5, 0.6) is 0 Å². The molecule has 2 N–H and O–H groups in total. The topological polar surface area (TPSA) is 66.0 Å². The van der Waals surface area contributed by atoms with Gasteiger partial charge in [-0.15, -0.1) is 24.0 Å². The van der Waals surface area contributed by atoms with Gasteiger partial charge in [-0.1, -0.05) is 30.9 Å². The molecule has 0 aromatic heterocycles. The zero-order chi connectivity index (χ0) is 18.9. The zero-order valence-corrected chi connectivity index (χ0v) is 19.6. The van der Waals surface area contributed by atoms with E-state index in [1.807, 2.05) is 0 Å². The van der Waals surface area contributed by atoms with Crippen LogP contribution in [0.25, 0.3) is 0 Å². The molecule has 2 aliphatic heterocycles. The molecule has 28 heavy (non-hydrogen) atoms. The van der Waals surface area contributed by atoms with Crippen molar-refractivity contribution in [2.45, 2.75) is 64.3 Å². The van der Waals surface area contributed by atoms with Crippen LogP contribution in [0.1, 0.15) is 58.3 Å². The lowest BCUT2D eigenvalue weighted by molar-refractivity contribution is -0.135. The highest BCUT2D eigenvalue weighted by molar-refractivity contribution is 14.0. The number of guanidine groups is 1. The SMILES string of the molecule is CCNC(=NCCC1=CCOCC1)NC1CCN(C(=O)C2CCCCC2)C1.I. The molecule has 0 spiro atoms. The summed E-state index contributed by atoms with van der Waals surface area (Å²) in [5, 5.41) is 6.89. The molecular formula is C21H37IN4O2. The quantitative estimate of drug-likeness (QED) is 0.253. The number of carbonyl (C=O) groups excluding carboxylic acids is 1. The Bertz CT molecular complexity index is 547. The van der Waals surface area contributed by atoms with Crippen LogP contribution in [0.3, 0.4) is 0 Å². The smallest absolute Gasteiger partial charge is 0.225 e. The van der Waals surface area contributed by atoms with Crippen molar-refractivity contribution in [3.63, 3.8) is 0 Å². The minimum Gasteiger partial charge on any atom is -0.377 e. The number of hydrogen-bond acceptors (Lipinski definition) is 3. The zero-order valence-electron chi connectivity index (χ0n) is 17.3. The predicted molar refractivity (Wildman–Crippen MR) is 124 cm³/mol. The second-order valence-electron chi connectivity index (χ2n) is 7.95. The van der Waals surface area contributed by atoms with Gasteiger partial charge in [-0.3, -0.25) is 9.79 Å². The van der Waals surface area contributed by atoms with E-state index in [9.17, 15) is 4.79 Å². The number of hydrogen-bond donors (Lipinski definition) is 2. The molecule has 0 bridgehead atoms. The van der Waals surface area contributed by atoms with Crippen LogP contribution in [0.15, 0.2) is 16.6 Å². The molecule has 0 aromatic carbocycles. The van der Waals surface area contributed by atoms with Crippen molar-refractivity contribution in [1.82, 2.24) is 15.5 Å². The van der Waals surface area contributed by atoms with Crippen molar-refractivity contribution in [1.29, 1.82) is 0 Å². The molecule has 3 aliphatic rings. The van der Waals surface area contributed by atoms with Crippen LogP contribution in [-0.4, -0.2) is 62.2 Å². The number of nitrogens with zero attached hydrogens (tertiary/aromatic N) is 2. The summed E-state index contributed by atoms with van der Waals surface area (Å²) in [7, 11) is 0. The molecule has 3 rings (SSSR count). The fourth-order valence-electron chi connectivity index (χ4n) is 4.30. The molecule has 6 nitrogen and oxygen atoms in total. The fourth-order valence-corrected chi connectivity index (χ4v) is 4.30. The summed E-state index contributed by atoms with van der Waals surface area (Å²) in [6.45, 7) is 6.98. The molecule has 1 aliphatic carbocycles. The number of ether oxygens (including phenoxy) is 1. The Morgan fingerprint density at radius 3 is 2.82 bits per heavy atom. The van der Waals surface area contributed by atoms with E-state index < -0.39 is 0 Å². The molecule has 1 saturated carbocycles. The van der Waals surface area contributed by atoms with Gasteiger partial charge >= 0.3 is 0 Å². The molecule has 0 radical (unpaired) electrons. The van der Waals surface area contributed by atoms with E-state index in [4.69, 9.17) is 9.73 Å². The monoisotopic (exact) mass is 504 g/mol. The highest BCUT2D eigenvalue weighted by Gasteiger charge is 2.31. The fraction of sp³-hybridized carbons (Fsp3) is 0.810. The highest BCUT2D eigenvalue weighted by atomic mass is 127. The van der Waals surface area contributed by atoms with Crippen LogP contribution in [0, 0.1) is 5.92 Å². The first-order valence-corrected chi connectivity index (χ1v) is 10.9. The van der Waals surface area contributed by atoms with E-state index >= 15 is 0 Å². The molecule has 2 fully saturated rings. The normalized spacial score (nSPS) is 23.8. The summed E-state index contributed by atoms with van der Waals surface area (Å²) >= 11 is 0. The minimum absolute atomic E-state index is 0. The van der Waals surface area contributed by atoms with Gasteiger partial charge in [-0.25, -0.2) is 0 Å². The number of carbonyl (C=O) groups is 1. The van der Waals surface area contributed by atoms with Crippen LogP contribution in [-0.2, 0) is 9.53 Å². The second-order valence-corrected chi connectivity index (χ2v) is 7.95. The number of nitrogens with one attached hydrogen (secondary N) is 2. The third-order valence-electron chi connectivity index (χ3n) is 5.90. The van der Waals surface area contributed by atoms with E-state index in [1.165, 1.54) is 24.8 Å². The van der Waals surface area contributed by atoms with Gasteiger partial charge in [0.25, 0.3) is 0 Å². The van der Waals surface area contributed by atoms with Crippen molar-refractivity contribution in [2.75, 3.05) is 39.4 Å².